The number of esters is 1. The molecule has 2 aromatic heterocycles. The number of aliphatic carboxylic acids is 1. The smallest absolute Gasteiger partial charge is 0.870 e. The van der Waals surface area contributed by atoms with Crippen LogP contribution in [0, 0.1) is 11.8 Å². The van der Waals surface area contributed by atoms with E-state index < -0.39 is 41.4 Å². The second-order valence-corrected chi connectivity index (χ2v) is 12.9. The van der Waals surface area contributed by atoms with Crippen LogP contribution in [0.25, 0.3) is 0 Å². The Balaban J connectivity index is 0.000000889. The number of carboxylic acid groups (broad SMARTS) is 1. The second-order valence-electron chi connectivity index (χ2n) is 12.9. The van der Waals surface area contributed by atoms with E-state index in [1.807, 2.05) is 27.7 Å². The fourth-order valence-electron chi connectivity index (χ4n) is 5.52. The number of pyridine rings is 2. The minimum atomic E-state index is -2.64. The van der Waals surface area contributed by atoms with Crippen molar-refractivity contribution in [3.8, 4) is 0 Å². The first-order valence-electron chi connectivity index (χ1n) is 15.4. The summed E-state index contributed by atoms with van der Waals surface area (Å²) in [5.41, 5.74) is 0.686. The number of likely N-dealkylation sites (tertiary alicyclic amines) is 2. The van der Waals surface area contributed by atoms with Crippen molar-refractivity contribution in [1.29, 1.82) is 0 Å². The van der Waals surface area contributed by atoms with Gasteiger partial charge in [-0.3, -0.25) is 19.4 Å². The molecule has 4 heterocycles. The zero-order chi connectivity index (χ0) is 34.4. The van der Waals surface area contributed by atoms with Crippen LogP contribution >= 0.6 is 0 Å². The SMILES string of the molecule is CC(C)CC(C(=O)O)n1cc(CN2CC(F)(F)C2)ccc1=O.CCOC(=O)C(CC(C)C)n1cc(CN2CC(F)(F)C2)ccc1=O.[Li+].[OH-].[OH-]. The van der Waals surface area contributed by atoms with Crippen molar-refractivity contribution in [2.45, 2.75) is 84.5 Å². The molecule has 2 aliphatic heterocycles. The minimum Gasteiger partial charge on any atom is -0.870 e. The van der Waals surface area contributed by atoms with E-state index in [0.717, 1.165) is 5.56 Å². The summed E-state index contributed by atoms with van der Waals surface area (Å²) < 4.78 is 59.2. The Morgan fingerprint density at radius 1 is 0.755 bits per heavy atom. The quantitative estimate of drug-likeness (QED) is 0.181. The molecule has 2 unspecified atom stereocenters. The topological polar surface area (TPSA) is 174 Å². The number of halogens is 4. The second kappa shape index (κ2) is 19.4. The first kappa shape index (κ1) is 46.0. The van der Waals surface area contributed by atoms with Crippen molar-refractivity contribution in [1.82, 2.24) is 18.9 Å². The Morgan fingerprint density at radius 2 is 1.12 bits per heavy atom. The average molecular weight is 698 g/mol. The van der Waals surface area contributed by atoms with Gasteiger partial charge in [-0.2, -0.15) is 0 Å². The van der Waals surface area contributed by atoms with E-state index in [-0.39, 0.29) is 86.5 Å². The summed E-state index contributed by atoms with van der Waals surface area (Å²) in [5.74, 6) is -6.46. The summed E-state index contributed by atoms with van der Waals surface area (Å²) in [5, 5.41) is 9.33. The number of carbonyl (C=O) groups excluding carboxylic acids is 1. The minimum absolute atomic E-state index is 0. The van der Waals surface area contributed by atoms with Crippen LogP contribution in [0.15, 0.2) is 46.2 Å². The predicted molar refractivity (Wildman–Crippen MR) is 167 cm³/mol. The molecular formula is C32H46F4LiN4O8-. The van der Waals surface area contributed by atoms with Gasteiger partial charge in [0.05, 0.1) is 32.8 Å². The molecule has 0 saturated carbocycles. The largest absolute Gasteiger partial charge is 1.00 e. The van der Waals surface area contributed by atoms with Gasteiger partial charge < -0.3 is 29.9 Å². The molecule has 4 rings (SSSR count). The van der Waals surface area contributed by atoms with Crippen molar-refractivity contribution in [2.75, 3.05) is 32.8 Å². The molecule has 2 aliphatic rings. The number of aromatic nitrogens is 2. The molecule has 12 nitrogen and oxygen atoms in total. The third kappa shape index (κ3) is 13.7. The number of hydrogen-bond donors (Lipinski definition) is 1. The van der Waals surface area contributed by atoms with E-state index in [2.05, 4.69) is 0 Å². The maximum absolute atomic E-state index is 12.9. The van der Waals surface area contributed by atoms with E-state index >= 15 is 0 Å². The van der Waals surface area contributed by atoms with E-state index in [1.165, 1.54) is 27.5 Å². The van der Waals surface area contributed by atoms with Gasteiger partial charge in [0.1, 0.15) is 12.1 Å². The van der Waals surface area contributed by atoms with Gasteiger partial charge in [-0.25, -0.2) is 27.2 Å². The Labute approximate surface area is 294 Å². The van der Waals surface area contributed by atoms with Crippen LogP contribution in [-0.2, 0) is 27.4 Å². The first-order valence-corrected chi connectivity index (χ1v) is 15.4. The van der Waals surface area contributed by atoms with Crippen LogP contribution in [0.5, 0.6) is 0 Å². The standard InChI is InChI=1S/C17H24F2N2O3.C15H20F2N2O3.Li.2H2O/c1-4-24-16(23)14(7-12(2)3)21-9-13(5-6-15(21)22)8-20-10-17(18,19)11-20;1-10(2)5-12(14(21)22)19-7-11(3-4-13(19)20)6-18-8-15(16,17)9-18;;;/h5-6,9,12,14H,4,7-8,10-11H2,1-3H3;3-4,7,10,12H,5-6,8-9H2,1-2H3,(H,21,22);;2*1H2/q;;+1;;/p-2. The van der Waals surface area contributed by atoms with E-state index in [1.54, 1.807) is 35.1 Å². The molecule has 2 aromatic rings. The normalized spacial score (nSPS) is 17.4. The molecule has 0 aromatic carbocycles. The van der Waals surface area contributed by atoms with Gasteiger partial charge in [-0.15, -0.1) is 0 Å². The molecule has 0 amide bonds. The van der Waals surface area contributed by atoms with Crippen LogP contribution < -0.4 is 30.0 Å². The maximum atomic E-state index is 12.9. The van der Waals surface area contributed by atoms with Gasteiger partial charge in [0.2, 0.25) is 0 Å². The van der Waals surface area contributed by atoms with Crippen molar-refractivity contribution in [3.63, 3.8) is 0 Å². The molecule has 0 bridgehead atoms. The molecule has 0 spiro atoms. The van der Waals surface area contributed by atoms with Crippen molar-refractivity contribution in [3.05, 3.63) is 68.5 Å². The summed E-state index contributed by atoms with van der Waals surface area (Å²) in [6, 6.07) is 4.21. The number of hydrogen-bond acceptors (Lipinski definition) is 9. The summed E-state index contributed by atoms with van der Waals surface area (Å²) in [6.07, 6.45) is 3.87. The maximum Gasteiger partial charge on any atom is 1.00 e. The average Bonchev–Trinajstić information content (AvgIpc) is 2.91. The number of rotatable bonds is 13. The molecule has 2 atom stereocenters. The Kier molecular flexibility index (Phi) is 18.2. The van der Waals surface area contributed by atoms with Crippen molar-refractivity contribution >= 4 is 11.9 Å². The zero-order valence-electron chi connectivity index (χ0n) is 28.8. The number of carbonyl (C=O) groups is 2. The number of ether oxygens (including phenoxy) is 1. The summed E-state index contributed by atoms with van der Waals surface area (Å²) in [6.45, 7) is 9.08. The number of alkyl halides is 4. The molecule has 0 radical (unpaired) electrons. The third-order valence-electron chi connectivity index (χ3n) is 7.54. The molecule has 2 fully saturated rings. The Bertz CT molecular complexity index is 1470. The number of nitrogens with zero attached hydrogens (tertiary/aromatic N) is 4. The van der Waals surface area contributed by atoms with Crippen LogP contribution in [-0.4, -0.2) is 91.6 Å². The van der Waals surface area contributed by atoms with Gasteiger partial charge in [-0.05, 0) is 42.7 Å². The molecule has 3 N–H and O–H groups in total. The Hall–Kier alpha value is -3.00. The van der Waals surface area contributed by atoms with Gasteiger partial charge in [0, 0.05) is 37.6 Å². The first-order chi connectivity index (χ1) is 21.4. The zero-order valence-corrected chi connectivity index (χ0v) is 28.8. The summed E-state index contributed by atoms with van der Waals surface area (Å²) in [7, 11) is 0. The van der Waals surface area contributed by atoms with Gasteiger partial charge in [0.15, 0.2) is 0 Å². The molecule has 49 heavy (non-hydrogen) atoms. The van der Waals surface area contributed by atoms with Crippen LogP contribution in [0.2, 0.25) is 0 Å². The summed E-state index contributed by atoms with van der Waals surface area (Å²) in [4.78, 5) is 50.9. The predicted octanol–water partition coefficient (Wildman–Crippen LogP) is 1.07. The molecule has 0 aliphatic carbocycles. The summed E-state index contributed by atoms with van der Waals surface area (Å²) >= 11 is 0. The van der Waals surface area contributed by atoms with Crippen molar-refractivity contribution in [2.24, 2.45) is 11.8 Å². The van der Waals surface area contributed by atoms with Crippen LogP contribution in [0.3, 0.4) is 0 Å². The molecule has 17 heteroatoms. The number of carboxylic acids is 1. The molecular weight excluding hydrogens is 651 g/mol. The van der Waals surface area contributed by atoms with Gasteiger partial charge >= 0.3 is 30.8 Å². The monoisotopic (exact) mass is 697 g/mol. The van der Waals surface area contributed by atoms with Gasteiger partial charge in [0.25, 0.3) is 23.0 Å². The van der Waals surface area contributed by atoms with Gasteiger partial charge in [-0.1, -0.05) is 39.8 Å². The molecule has 2 saturated heterocycles. The Morgan fingerprint density at radius 3 is 1.45 bits per heavy atom. The fourth-order valence-corrected chi connectivity index (χ4v) is 5.52. The third-order valence-corrected chi connectivity index (χ3v) is 7.54. The molecule has 272 valence electrons. The van der Waals surface area contributed by atoms with E-state index in [4.69, 9.17) is 4.74 Å². The van der Waals surface area contributed by atoms with Crippen LogP contribution in [0.1, 0.15) is 70.7 Å². The van der Waals surface area contributed by atoms with Crippen molar-refractivity contribution < 1.29 is 66.8 Å². The van der Waals surface area contributed by atoms with E-state index in [0.29, 0.717) is 24.9 Å². The van der Waals surface area contributed by atoms with Crippen LogP contribution in [0.4, 0.5) is 17.6 Å². The van der Waals surface area contributed by atoms with E-state index in [9.17, 15) is 41.8 Å². The fraction of sp³-hybridized carbons (Fsp3) is 0.625.